The second kappa shape index (κ2) is 6.26. The highest BCUT2D eigenvalue weighted by atomic mass is 79.9. The smallest absolute Gasteiger partial charge is 0.308 e. The average Bonchev–Trinajstić information content (AvgIpc) is 2.42. The van der Waals surface area contributed by atoms with Crippen LogP contribution in [-0.4, -0.2) is 23.0 Å². The van der Waals surface area contributed by atoms with Crippen LogP contribution in [0.2, 0.25) is 0 Å². The quantitative estimate of drug-likeness (QED) is 0.736. The van der Waals surface area contributed by atoms with Crippen molar-refractivity contribution in [3.63, 3.8) is 0 Å². The van der Waals surface area contributed by atoms with E-state index in [2.05, 4.69) is 21.2 Å². The molecule has 20 heavy (non-hydrogen) atoms. The average molecular weight is 341 g/mol. The van der Waals surface area contributed by atoms with E-state index in [0.29, 0.717) is 28.6 Å². The van der Waals surface area contributed by atoms with Crippen molar-refractivity contribution in [2.75, 3.05) is 5.73 Å². The zero-order valence-corrected chi connectivity index (χ0v) is 12.5. The standard InChI is InChI=1S/C14H17BrN2O3/c15-10-7-8(5-6-11(10)16)13(18)17-12-4-2-1-3-9(12)14(19)20/h5-7,9,12H,1-4,16H2,(H,17,18)(H,19,20). The van der Waals surface area contributed by atoms with E-state index >= 15 is 0 Å². The van der Waals surface area contributed by atoms with Gasteiger partial charge in [-0.25, -0.2) is 0 Å². The number of nitrogen functional groups attached to an aromatic ring is 1. The zero-order chi connectivity index (χ0) is 14.7. The van der Waals surface area contributed by atoms with E-state index in [1.54, 1.807) is 18.2 Å². The number of carbonyl (C=O) groups excluding carboxylic acids is 1. The number of amides is 1. The van der Waals surface area contributed by atoms with E-state index in [-0.39, 0.29) is 11.9 Å². The van der Waals surface area contributed by atoms with Crippen molar-refractivity contribution >= 4 is 33.5 Å². The van der Waals surface area contributed by atoms with Gasteiger partial charge in [0.1, 0.15) is 0 Å². The van der Waals surface area contributed by atoms with E-state index < -0.39 is 11.9 Å². The summed E-state index contributed by atoms with van der Waals surface area (Å²) in [6.45, 7) is 0. The van der Waals surface area contributed by atoms with Gasteiger partial charge >= 0.3 is 5.97 Å². The number of anilines is 1. The maximum atomic E-state index is 12.2. The minimum atomic E-state index is -0.839. The summed E-state index contributed by atoms with van der Waals surface area (Å²) in [7, 11) is 0. The summed E-state index contributed by atoms with van der Waals surface area (Å²) in [5, 5.41) is 12.0. The Bertz CT molecular complexity index is 533. The minimum Gasteiger partial charge on any atom is -0.481 e. The van der Waals surface area contributed by atoms with Gasteiger partial charge in [-0.1, -0.05) is 12.8 Å². The van der Waals surface area contributed by atoms with Crippen molar-refractivity contribution in [2.45, 2.75) is 31.7 Å². The number of nitrogens with two attached hydrogens (primary N) is 1. The lowest BCUT2D eigenvalue weighted by atomic mass is 9.84. The molecule has 1 aromatic carbocycles. The summed E-state index contributed by atoms with van der Waals surface area (Å²) < 4.78 is 0.656. The molecule has 1 fully saturated rings. The number of rotatable bonds is 3. The number of carbonyl (C=O) groups is 2. The summed E-state index contributed by atoms with van der Waals surface area (Å²) in [6.07, 6.45) is 3.17. The fourth-order valence-electron chi connectivity index (χ4n) is 2.52. The molecule has 2 atom stereocenters. The highest BCUT2D eigenvalue weighted by Gasteiger charge is 2.31. The van der Waals surface area contributed by atoms with Gasteiger partial charge < -0.3 is 16.2 Å². The fourth-order valence-corrected chi connectivity index (χ4v) is 2.90. The Hall–Kier alpha value is -1.56. The lowest BCUT2D eigenvalue weighted by molar-refractivity contribution is -0.143. The summed E-state index contributed by atoms with van der Waals surface area (Å²) in [4.78, 5) is 23.4. The van der Waals surface area contributed by atoms with Crippen LogP contribution in [0.5, 0.6) is 0 Å². The second-order valence-corrected chi connectivity index (χ2v) is 5.90. The number of benzene rings is 1. The van der Waals surface area contributed by atoms with Gasteiger partial charge in [0.15, 0.2) is 0 Å². The van der Waals surface area contributed by atoms with Crippen molar-refractivity contribution < 1.29 is 14.7 Å². The molecule has 0 aromatic heterocycles. The molecule has 0 radical (unpaired) electrons. The van der Waals surface area contributed by atoms with Crippen LogP contribution in [0.4, 0.5) is 5.69 Å². The lowest BCUT2D eigenvalue weighted by Crippen LogP contribution is -2.45. The molecule has 1 aromatic rings. The van der Waals surface area contributed by atoms with Crippen LogP contribution in [0.3, 0.4) is 0 Å². The molecule has 1 saturated carbocycles. The first kappa shape index (κ1) is 14.8. The number of carboxylic acid groups (broad SMARTS) is 1. The van der Waals surface area contributed by atoms with Crippen LogP contribution in [0.1, 0.15) is 36.0 Å². The molecule has 5 nitrogen and oxygen atoms in total. The third-order valence-corrected chi connectivity index (χ3v) is 4.35. The highest BCUT2D eigenvalue weighted by molar-refractivity contribution is 9.10. The Kier molecular flexibility index (Phi) is 4.65. The van der Waals surface area contributed by atoms with Gasteiger partial charge in [0.05, 0.1) is 5.92 Å². The fraction of sp³-hybridized carbons (Fsp3) is 0.429. The van der Waals surface area contributed by atoms with Crippen LogP contribution >= 0.6 is 15.9 Å². The highest BCUT2D eigenvalue weighted by Crippen LogP contribution is 2.25. The SMILES string of the molecule is Nc1ccc(C(=O)NC2CCCCC2C(=O)O)cc1Br. The number of hydrogen-bond donors (Lipinski definition) is 3. The summed E-state index contributed by atoms with van der Waals surface area (Å²) in [5.74, 6) is -1.60. The largest absolute Gasteiger partial charge is 0.481 e. The molecule has 0 heterocycles. The van der Waals surface area contributed by atoms with E-state index in [9.17, 15) is 14.7 Å². The molecule has 1 aliphatic rings. The number of aliphatic carboxylic acids is 1. The summed E-state index contributed by atoms with van der Waals surface area (Å²) in [5.41, 5.74) is 6.71. The Morgan fingerprint density at radius 1 is 1.30 bits per heavy atom. The molecule has 0 aliphatic heterocycles. The molecule has 108 valence electrons. The Morgan fingerprint density at radius 2 is 2.00 bits per heavy atom. The van der Waals surface area contributed by atoms with E-state index in [1.807, 2.05) is 0 Å². The Morgan fingerprint density at radius 3 is 2.65 bits per heavy atom. The molecule has 4 N–H and O–H groups in total. The van der Waals surface area contributed by atoms with Crippen molar-refractivity contribution in [3.8, 4) is 0 Å². The van der Waals surface area contributed by atoms with Crippen LogP contribution in [0.25, 0.3) is 0 Å². The van der Waals surface area contributed by atoms with Crippen LogP contribution < -0.4 is 11.1 Å². The maximum Gasteiger partial charge on any atom is 0.308 e. The monoisotopic (exact) mass is 340 g/mol. The molecule has 0 bridgehead atoms. The normalized spacial score (nSPS) is 22.2. The van der Waals surface area contributed by atoms with Gasteiger partial charge in [-0.3, -0.25) is 9.59 Å². The van der Waals surface area contributed by atoms with Crippen LogP contribution in [-0.2, 0) is 4.79 Å². The Labute approximate surface area is 125 Å². The number of hydrogen-bond acceptors (Lipinski definition) is 3. The summed E-state index contributed by atoms with van der Waals surface area (Å²) in [6, 6.07) is 4.62. The third kappa shape index (κ3) is 3.30. The van der Waals surface area contributed by atoms with Gasteiger partial charge in [-0.15, -0.1) is 0 Å². The van der Waals surface area contributed by atoms with Crippen LogP contribution in [0, 0.1) is 5.92 Å². The van der Waals surface area contributed by atoms with Gasteiger partial charge in [-0.2, -0.15) is 0 Å². The van der Waals surface area contributed by atoms with Gasteiger partial charge in [0, 0.05) is 21.8 Å². The molecular formula is C14H17BrN2O3. The molecule has 2 rings (SSSR count). The van der Waals surface area contributed by atoms with E-state index in [0.717, 1.165) is 12.8 Å². The number of halogens is 1. The first-order valence-electron chi connectivity index (χ1n) is 6.57. The zero-order valence-electron chi connectivity index (χ0n) is 10.9. The van der Waals surface area contributed by atoms with Gasteiger partial charge in [0.2, 0.25) is 0 Å². The van der Waals surface area contributed by atoms with Gasteiger partial charge in [-0.05, 0) is 47.0 Å². The lowest BCUT2D eigenvalue weighted by Gasteiger charge is -2.29. The minimum absolute atomic E-state index is 0.260. The Balaban J connectivity index is 2.09. The predicted molar refractivity (Wildman–Crippen MR) is 79.4 cm³/mol. The molecule has 1 aliphatic carbocycles. The summed E-state index contributed by atoms with van der Waals surface area (Å²) >= 11 is 3.28. The van der Waals surface area contributed by atoms with Crippen LogP contribution in [0.15, 0.2) is 22.7 Å². The molecular weight excluding hydrogens is 324 g/mol. The first-order valence-corrected chi connectivity index (χ1v) is 7.37. The van der Waals surface area contributed by atoms with E-state index in [4.69, 9.17) is 5.73 Å². The van der Waals surface area contributed by atoms with Crippen molar-refractivity contribution in [1.82, 2.24) is 5.32 Å². The molecule has 2 unspecified atom stereocenters. The predicted octanol–water partition coefficient (Wildman–Crippen LogP) is 2.40. The maximum absolute atomic E-state index is 12.2. The third-order valence-electron chi connectivity index (χ3n) is 3.66. The molecule has 6 heteroatoms. The van der Waals surface area contributed by atoms with Crippen molar-refractivity contribution in [2.24, 2.45) is 5.92 Å². The molecule has 0 spiro atoms. The van der Waals surface area contributed by atoms with Gasteiger partial charge in [0.25, 0.3) is 5.91 Å². The number of carboxylic acids is 1. The van der Waals surface area contributed by atoms with Crippen molar-refractivity contribution in [1.29, 1.82) is 0 Å². The molecule has 1 amide bonds. The number of nitrogens with one attached hydrogen (secondary N) is 1. The van der Waals surface area contributed by atoms with E-state index in [1.165, 1.54) is 0 Å². The molecule has 0 saturated heterocycles. The topological polar surface area (TPSA) is 92.4 Å². The van der Waals surface area contributed by atoms with Crippen molar-refractivity contribution in [3.05, 3.63) is 28.2 Å². The first-order chi connectivity index (χ1) is 9.49. The second-order valence-electron chi connectivity index (χ2n) is 5.05.